The van der Waals surface area contributed by atoms with Crippen LogP contribution in [0.25, 0.3) is 10.2 Å². The summed E-state index contributed by atoms with van der Waals surface area (Å²) in [5.41, 5.74) is 0.797. The quantitative estimate of drug-likeness (QED) is 0.887. The van der Waals surface area contributed by atoms with E-state index >= 15 is 0 Å². The molecule has 0 saturated carbocycles. The molecule has 4 nitrogen and oxygen atoms in total. The average Bonchev–Trinajstić information content (AvgIpc) is 2.74. The van der Waals surface area contributed by atoms with Crippen molar-refractivity contribution in [1.29, 1.82) is 0 Å². The van der Waals surface area contributed by atoms with Crippen LogP contribution < -0.4 is 5.32 Å². The first-order chi connectivity index (χ1) is 8.12. The third-order valence-corrected chi connectivity index (χ3v) is 3.37. The zero-order valence-electron chi connectivity index (χ0n) is 10.4. The maximum atomic E-state index is 5.64. The maximum Gasteiger partial charge on any atom is 0.147 e. The van der Waals surface area contributed by atoms with Crippen molar-refractivity contribution >= 4 is 27.4 Å². The number of rotatable bonds is 5. The number of ether oxygens (including phenoxy) is 1. The summed E-state index contributed by atoms with van der Waals surface area (Å²) in [7, 11) is 0. The standard InChI is InChI=1S/C12H17N3OS/c1-4-16-12(2,3)7-13-11-10-9(5-6-17-10)14-8-15-11/h5-6,8H,4,7H2,1-3H3,(H,13,14,15). The van der Waals surface area contributed by atoms with Gasteiger partial charge in [0.1, 0.15) is 12.1 Å². The van der Waals surface area contributed by atoms with Gasteiger partial charge in [-0.15, -0.1) is 11.3 Å². The summed E-state index contributed by atoms with van der Waals surface area (Å²) in [5, 5.41) is 5.36. The van der Waals surface area contributed by atoms with Gasteiger partial charge in [0.05, 0.1) is 15.8 Å². The first kappa shape index (κ1) is 12.3. The van der Waals surface area contributed by atoms with Crippen LogP contribution in [0.3, 0.4) is 0 Å². The van der Waals surface area contributed by atoms with Gasteiger partial charge in [0, 0.05) is 13.2 Å². The molecule has 2 rings (SSSR count). The van der Waals surface area contributed by atoms with Crippen LogP contribution in [-0.2, 0) is 4.74 Å². The Morgan fingerprint density at radius 1 is 1.41 bits per heavy atom. The fourth-order valence-corrected chi connectivity index (χ4v) is 2.46. The molecule has 0 spiro atoms. The Morgan fingerprint density at radius 2 is 2.24 bits per heavy atom. The predicted octanol–water partition coefficient (Wildman–Crippen LogP) is 2.92. The molecule has 2 aromatic rings. The maximum absolute atomic E-state index is 5.64. The number of anilines is 1. The van der Waals surface area contributed by atoms with E-state index in [1.807, 2.05) is 18.4 Å². The van der Waals surface area contributed by atoms with Crippen LogP contribution in [0, 0.1) is 0 Å². The summed E-state index contributed by atoms with van der Waals surface area (Å²) < 4.78 is 6.74. The summed E-state index contributed by atoms with van der Waals surface area (Å²) >= 11 is 1.65. The van der Waals surface area contributed by atoms with Crippen molar-refractivity contribution in [2.24, 2.45) is 0 Å². The van der Waals surface area contributed by atoms with Gasteiger partial charge < -0.3 is 10.1 Å². The molecule has 0 saturated heterocycles. The molecule has 0 atom stereocenters. The van der Waals surface area contributed by atoms with Crippen LogP contribution in [-0.4, -0.2) is 28.7 Å². The average molecular weight is 251 g/mol. The minimum Gasteiger partial charge on any atom is -0.374 e. The highest BCUT2D eigenvalue weighted by Gasteiger charge is 2.18. The molecule has 5 heteroatoms. The molecule has 0 amide bonds. The lowest BCUT2D eigenvalue weighted by Gasteiger charge is -2.25. The molecule has 0 aliphatic carbocycles. The Labute approximate surface area is 105 Å². The minimum absolute atomic E-state index is 0.191. The van der Waals surface area contributed by atoms with Crippen LogP contribution in [0.15, 0.2) is 17.8 Å². The SMILES string of the molecule is CCOC(C)(C)CNc1ncnc2ccsc12. The summed E-state index contributed by atoms with van der Waals surface area (Å²) in [6, 6.07) is 2.00. The van der Waals surface area contributed by atoms with Gasteiger partial charge in [0.25, 0.3) is 0 Å². The van der Waals surface area contributed by atoms with E-state index in [1.165, 1.54) is 0 Å². The summed E-state index contributed by atoms with van der Waals surface area (Å²) in [5.74, 6) is 0.887. The second kappa shape index (κ2) is 4.98. The molecule has 0 fully saturated rings. The van der Waals surface area contributed by atoms with Gasteiger partial charge in [-0.1, -0.05) is 0 Å². The molecule has 0 aliphatic heterocycles. The zero-order valence-corrected chi connectivity index (χ0v) is 11.2. The highest BCUT2D eigenvalue weighted by molar-refractivity contribution is 7.17. The first-order valence-corrected chi connectivity index (χ1v) is 6.56. The van der Waals surface area contributed by atoms with Crippen molar-refractivity contribution in [2.45, 2.75) is 26.4 Å². The van der Waals surface area contributed by atoms with Crippen LogP contribution in [0.5, 0.6) is 0 Å². The van der Waals surface area contributed by atoms with E-state index in [0.717, 1.165) is 22.6 Å². The van der Waals surface area contributed by atoms with E-state index in [2.05, 4.69) is 29.1 Å². The molecular weight excluding hydrogens is 234 g/mol. The molecule has 1 N–H and O–H groups in total. The largest absolute Gasteiger partial charge is 0.374 e. The summed E-state index contributed by atoms with van der Waals surface area (Å²) in [6.45, 7) is 7.58. The van der Waals surface area contributed by atoms with Gasteiger partial charge >= 0.3 is 0 Å². The lowest BCUT2D eigenvalue weighted by molar-refractivity contribution is 0.000665. The molecule has 0 aliphatic rings. The van der Waals surface area contributed by atoms with Crippen molar-refractivity contribution in [3.8, 4) is 0 Å². The summed E-state index contributed by atoms with van der Waals surface area (Å²) in [4.78, 5) is 8.49. The van der Waals surface area contributed by atoms with Crippen LogP contribution in [0.2, 0.25) is 0 Å². The van der Waals surface area contributed by atoms with Crippen molar-refractivity contribution in [2.75, 3.05) is 18.5 Å². The lowest BCUT2D eigenvalue weighted by Crippen LogP contribution is -2.33. The number of nitrogens with one attached hydrogen (secondary N) is 1. The molecule has 92 valence electrons. The van der Waals surface area contributed by atoms with Crippen molar-refractivity contribution in [3.63, 3.8) is 0 Å². The van der Waals surface area contributed by atoms with Crippen LogP contribution in [0.4, 0.5) is 5.82 Å². The molecule has 2 heterocycles. The van der Waals surface area contributed by atoms with Gasteiger partial charge in [0.2, 0.25) is 0 Å². The highest BCUT2D eigenvalue weighted by Crippen LogP contribution is 2.25. The molecule has 0 bridgehead atoms. The van der Waals surface area contributed by atoms with Gasteiger partial charge in [-0.25, -0.2) is 9.97 Å². The Bertz CT molecular complexity index is 495. The number of aromatic nitrogens is 2. The van der Waals surface area contributed by atoms with E-state index in [-0.39, 0.29) is 5.60 Å². The molecule has 2 aromatic heterocycles. The van der Waals surface area contributed by atoms with E-state index in [9.17, 15) is 0 Å². The zero-order chi connectivity index (χ0) is 12.3. The Morgan fingerprint density at radius 3 is 3.00 bits per heavy atom. The second-order valence-corrected chi connectivity index (χ2v) is 5.32. The Balaban J connectivity index is 2.11. The minimum atomic E-state index is -0.191. The number of hydrogen-bond acceptors (Lipinski definition) is 5. The monoisotopic (exact) mass is 251 g/mol. The predicted molar refractivity (Wildman–Crippen MR) is 71.6 cm³/mol. The topological polar surface area (TPSA) is 47.0 Å². The number of fused-ring (bicyclic) bond motifs is 1. The molecule has 0 aromatic carbocycles. The Kier molecular flexibility index (Phi) is 3.59. The van der Waals surface area contributed by atoms with Crippen LogP contribution >= 0.6 is 11.3 Å². The third kappa shape index (κ3) is 2.92. The van der Waals surface area contributed by atoms with Crippen LogP contribution in [0.1, 0.15) is 20.8 Å². The van der Waals surface area contributed by atoms with Gasteiger partial charge in [-0.3, -0.25) is 0 Å². The number of thiophene rings is 1. The van der Waals surface area contributed by atoms with Crippen molar-refractivity contribution < 1.29 is 4.74 Å². The van der Waals surface area contributed by atoms with Gasteiger partial charge in [0.15, 0.2) is 0 Å². The number of hydrogen-bond donors (Lipinski definition) is 1. The lowest BCUT2D eigenvalue weighted by atomic mass is 10.1. The fraction of sp³-hybridized carbons (Fsp3) is 0.500. The first-order valence-electron chi connectivity index (χ1n) is 5.68. The van der Waals surface area contributed by atoms with E-state index < -0.39 is 0 Å². The number of nitrogens with zero attached hydrogens (tertiary/aromatic N) is 2. The van der Waals surface area contributed by atoms with Gasteiger partial charge in [-0.05, 0) is 32.2 Å². The Hall–Kier alpha value is -1.20. The normalized spacial score (nSPS) is 11.9. The molecular formula is C12H17N3OS. The molecule has 0 unspecified atom stereocenters. The third-order valence-electron chi connectivity index (χ3n) is 2.46. The van der Waals surface area contributed by atoms with Gasteiger partial charge in [-0.2, -0.15) is 0 Å². The van der Waals surface area contributed by atoms with Crippen molar-refractivity contribution in [3.05, 3.63) is 17.8 Å². The second-order valence-electron chi connectivity index (χ2n) is 4.40. The van der Waals surface area contributed by atoms with E-state index in [1.54, 1.807) is 17.7 Å². The van der Waals surface area contributed by atoms with E-state index in [4.69, 9.17) is 4.74 Å². The highest BCUT2D eigenvalue weighted by atomic mass is 32.1. The fourth-order valence-electron chi connectivity index (χ4n) is 1.65. The smallest absolute Gasteiger partial charge is 0.147 e. The van der Waals surface area contributed by atoms with E-state index in [0.29, 0.717) is 6.61 Å². The molecule has 0 radical (unpaired) electrons. The van der Waals surface area contributed by atoms with Crippen molar-refractivity contribution in [1.82, 2.24) is 9.97 Å². The molecule has 17 heavy (non-hydrogen) atoms. The summed E-state index contributed by atoms with van der Waals surface area (Å²) in [6.07, 6.45) is 1.59.